The van der Waals surface area contributed by atoms with Gasteiger partial charge in [-0.15, -0.1) is 0 Å². The largest absolute Gasteiger partial charge is 0.507 e. The van der Waals surface area contributed by atoms with Gasteiger partial charge in [0.25, 0.3) is 11.8 Å². The van der Waals surface area contributed by atoms with E-state index in [0.717, 1.165) is 5.56 Å². The van der Waals surface area contributed by atoms with Gasteiger partial charge < -0.3 is 30.9 Å². The van der Waals surface area contributed by atoms with Gasteiger partial charge in [0.05, 0.1) is 29.7 Å². The molecule has 2 aromatic rings. The predicted octanol–water partition coefficient (Wildman–Crippen LogP) is 1.06. The fourth-order valence-corrected chi connectivity index (χ4v) is 4.57. The maximum absolute atomic E-state index is 13.6. The number of ether oxygens (including phenoxy) is 1. The van der Waals surface area contributed by atoms with E-state index in [1.807, 2.05) is 30.3 Å². The summed E-state index contributed by atoms with van der Waals surface area (Å²) in [5, 5.41) is 29.4. The van der Waals surface area contributed by atoms with Crippen molar-refractivity contribution in [1.29, 1.82) is 0 Å². The first-order valence-corrected chi connectivity index (χ1v) is 12.8. The highest BCUT2D eigenvalue weighted by Crippen LogP contribution is 2.35. The highest BCUT2D eigenvalue weighted by Gasteiger charge is 2.44. The van der Waals surface area contributed by atoms with Crippen LogP contribution in [0.15, 0.2) is 54.6 Å². The average molecular weight is 524 g/mol. The van der Waals surface area contributed by atoms with Gasteiger partial charge in [-0.25, -0.2) is 0 Å². The number of amides is 3. The Bertz CT molecular complexity index is 1180. The lowest BCUT2D eigenvalue weighted by Gasteiger charge is -2.33. The lowest BCUT2D eigenvalue weighted by atomic mass is 9.92. The normalized spacial score (nSPS) is 28.7. The van der Waals surface area contributed by atoms with E-state index in [1.54, 1.807) is 19.1 Å². The Labute approximate surface area is 220 Å². The molecule has 0 aromatic heterocycles. The molecule has 202 valence electrons. The molecule has 6 atom stereocenters. The second-order valence-corrected chi connectivity index (χ2v) is 10.0. The Morgan fingerprint density at radius 3 is 2.29 bits per heavy atom. The third kappa shape index (κ3) is 6.31. The third-order valence-electron chi connectivity index (χ3n) is 7.06. The van der Waals surface area contributed by atoms with Crippen LogP contribution in [-0.2, 0) is 25.5 Å². The van der Waals surface area contributed by atoms with Crippen molar-refractivity contribution in [2.75, 3.05) is 0 Å². The Kier molecular flexibility index (Phi) is 8.31. The minimum Gasteiger partial charge on any atom is -0.507 e. The Morgan fingerprint density at radius 2 is 1.63 bits per heavy atom. The zero-order valence-electron chi connectivity index (χ0n) is 21.3. The van der Waals surface area contributed by atoms with E-state index in [1.165, 1.54) is 19.1 Å². The van der Waals surface area contributed by atoms with Crippen LogP contribution in [0.1, 0.15) is 42.6 Å². The van der Waals surface area contributed by atoms with E-state index in [-0.39, 0.29) is 23.7 Å². The molecule has 38 heavy (non-hydrogen) atoms. The van der Waals surface area contributed by atoms with Crippen LogP contribution in [-0.4, -0.2) is 64.2 Å². The monoisotopic (exact) mass is 523 g/mol. The van der Waals surface area contributed by atoms with Crippen LogP contribution in [0, 0.1) is 11.8 Å². The van der Waals surface area contributed by atoms with Crippen LogP contribution in [0.2, 0.25) is 0 Å². The standard InChI is InChI=1S/C28H33N3O7/c1-15-23(33)20(14-17-8-4-3-5-9-17)30-26(35)22(31-25(34)19-10-6-7-11-21(19)32)16(2)29-27(36)24(18-12-13-18)38-28(15)37/h3-11,15-16,18,20,22-24,32-33H,12-14H2,1-2H3,(H,29,36)(H,30,35)(H,31,34). The van der Waals surface area contributed by atoms with Crippen molar-refractivity contribution in [3.05, 3.63) is 65.7 Å². The zero-order valence-corrected chi connectivity index (χ0v) is 21.3. The van der Waals surface area contributed by atoms with Crippen LogP contribution in [0.25, 0.3) is 0 Å². The molecule has 2 aliphatic rings. The second kappa shape index (κ2) is 11.6. The molecule has 0 spiro atoms. The molecule has 1 aliphatic heterocycles. The molecule has 1 aliphatic carbocycles. The Morgan fingerprint density at radius 1 is 0.974 bits per heavy atom. The molecule has 1 heterocycles. The Balaban J connectivity index is 1.66. The van der Waals surface area contributed by atoms with E-state index in [4.69, 9.17) is 4.74 Å². The van der Waals surface area contributed by atoms with Crippen molar-refractivity contribution < 1.29 is 34.1 Å². The van der Waals surface area contributed by atoms with E-state index < -0.39 is 59.9 Å². The van der Waals surface area contributed by atoms with Crippen molar-refractivity contribution in [1.82, 2.24) is 16.0 Å². The van der Waals surface area contributed by atoms with Gasteiger partial charge in [-0.1, -0.05) is 42.5 Å². The lowest BCUT2D eigenvalue weighted by molar-refractivity contribution is -0.165. The maximum Gasteiger partial charge on any atom is 0.312 e. The number of esters is 1. The number of benzene rings is 2. The number of phenolic OH excluding ortho intramolecular Hbond substituents is 1. The van der Waals surface area contributed by atoms with Gasteiger partial charge in [0.1, 0.15) is 11.8 Å². The zero-order chi connectivity index (χ0) is 27.4. The highest BCUT2D eigenvalue weighted by molar-refractivity contribution is 6.00. The SMILES string of the molecule is CC1NC(=O)C(C2CC2)OC(=O)C(C)C(O)C(Cc2ccccc2)NC(=O)C1NC(=O)c1ccccc1O. The molecule has 1 saturated heterocycles. The lowest BCUT2D eigenvalue weighted by Crippen LogP contribution is -2.62. The summed E-state index contributed by atoms with van der Waals surface area (Å²) in [5.41, 5.74) is 0.778. The summed E-state index contributed by atoms with van der Waals surface area (Å²) in [7, 11) is 0. The minimum absolute atomic E-state index is 0.0378. The van der Waals surface area contributed by atoms with Crippen molar-refractivity contribution in [3.63, 3.8) is 0 Å². The molecule has 3 amide bonds. The third-order valence-corrected chi connectivity index (χ3v) is 7.06. The number of carbonyl (C=O) groups excluding carboxylic acids is 4. The smallest absolute Gasteiger partial charge is 0.312 e. The summed E-state index contributed by atoms with van der Waals surface area (Å²) in [5.74, 6) is -4.13. The van der Waals surface area contributed by atoms with Crippen molar-refractivity contribution in [3.8, 4) is 5.75 Å². The molecule has 2 aromatic carbocycles. The van der Waals surface area contributed by atoms with Gasteiger partial charge in [0.2, 0.25) is 5.91 Å². The first-order valence-electron chi connectivity index (χ1n) is 12.8. The molecule has 1 saturated carbocycles. The number of hydrogen-bond donors (Lipinski definition) is 5. The van der Waals surface area contributed by atoms with Crippen LogP contribution in [0.4, 0.5) is 0 Å². The number of cyclic esters (lactones) is 1. The number of para-hydroxylation sites is 1. The number of hydrogen-bond acceptors (Lipinski definition) is 7. The molecule has 0 bridgehead atoms. The molecule has 2 fully saturated rings. The molecular formula is C28H33N3O7. The summed E-state index contributed by atoms with van der Waals surface area (Å²) in [6.45, 7) is 3.04. The Hall–Kier alpha value is -3.92. The number of aliphatic hydroxyl groups is 1. The van der Waals surface area contributed by atoms with E-state index >= 15 is 0 Å². The van der Waals surface area contributed by atoms with E-state index in [9.17, 15) is 29.4 Å². The van der Waals surface area contributed by atoms with Gasteiger partial charge in [-0.3, -0.25) is 19.2 Å². The number of aromatic hydroxyl groups is 1. The summed E-state index contributed by atoms with van der Waals surface area (Å²) >= 11 is 0. The second-order valence-electron chi connectivity index (χ2n) is 10.0. The quantitative estimate of drug-likeness (QED) is 0.367. The maximum atomic E-state index is 13.6. The number of phenols is 1. The van der Waals surface area contributed by atoms with E-state index in [0.29, 0.717) is 12.8 Å². The summed E-state index contributed by atoms with van der Waals surface area (Å²) in [6, 6.07) is 12.0. The fourth-order valence-electron chi connectivity index (χ4n) is 4.57. The first kappa shape index (κ1) is 27.1. The molecule has 0 radical (unpaired) electrons. The van der Waals surface area contributed by atoms with Crippen molar-refractivity contribution in [2.24, 2.45) is 11.8 Å². The summed E-state index contributed by atoms with van der Waals surface area (Å²) in [6.07, 6.45) is -0.774. The number of carbonyl (C=O) groups is 4. The first-order chi connectivity index (χ1) is 18.2. The van der Waals surface area contributed by atoms with Crippen molar-refractivity contribution >= 4 is 23.7 Å². The number of rotatable bonds is 5. The van der Waals surface area contributed by atoms with Crippen LogP contribution in [0.5, 0.6) is 5.75 Å². The van der Waals surface area contributed by atoms with Gasteiger partial charge >= 0.3 is 5.97 Å². The van der Waals surface area contributed by atoms with Crippen molar-refractivity contribution in [2.45, 2.75) is 63.4 Å². The highest BCUT2D eigenvalue weighted by atomic mass is 16.6. The van der Waals surface area contributed by atoms with E-state index in [2.05, 4.69) is 16.0 Å². The van der Waals surface area contributed by atoms with Gasteiger partial charge in [0.15, 0.2) is 6.10 Å². The molecule has 4 rings (SSSR count). The van der Waals surface area contributed by atoms with Crippen LogP contribution >= 0.6 is 0 Å². The average Bonchev–Trinajstić information content (AvgIpc) is 3.74. The van der Waals surface area contributed by atoms with Crippen LogP contribution < -0.4 is 16.0 Å². The topological polar surface area (TPSA) is 154 Å². The molecule has 10 nitrogen and oxygen atoms in total. The number of aliphatic hydroxyl groups excluding tert-OH is 1. The minimum atomic E-state index is -1.33. The fraction of sp³-hybridized carbons (Fsp3) is 0.429. The van der Waals surface area contributed by atoms with Gasteiger partial charge in [0, 0.05) is 5.92 Å². The molecule has 5 N–H and O–H groups in total. The summed E-state index contributed by atoms with van der Waals surface area (Å²) in [4.78, 5) is 52.6. The van der Waals surface area contributed by atoms with Gasteiger partial charge in [-0.05, 0) is 50.8 Å². The summed E-state index contributed by atoms with van der Waals surface area (Å²) < 4.78 is 5.57. The molecule has 6 unspecified atom stereocenters. The van der Waals surface area contributed by atoms with Gasteiger partial charge in [-0.2, -0.15) is 0 Å². The number of nitrogens with one attached hydrogen (secondary N) is 3. The van der Waals surface area contributed by atoms with Crippen LogP contribution in [0.3, 0.4) is 0 Å². The molecule has 10 heteroatoms. The molecular weight excluding hydrogens is 490 g/mol. The predicted molar refractivity (Wildman–Crippen MR) is 137 cm³/mol.